The molecule has 3 atom stereocenters. The molecule has 1 N–H and O–H groups in total. The van der Waals surface area contributed by atoms with Crippen LogP contribution in [0, 0.1) is 5.92 Å². The Kier molecular flexibility index (Phi) is 6.88. The van der Waals surface area contributed by atoms with Gasteiger partial charge in [-0.1, -0.05) is 29.8 Å². The third kappa shape index (κ3) is 5.21. The minimum absolute atomic E-state index is 0.00481. The van der Waals surface area contributed by atoms with Crippen molar-refractivity contribution >= 4 is 33.3 Å². The molecule has 0 spiro atoms. The lowest BCUT2D eigenvalue weighted by atomic mass is 10.00. The van der Waals surface area contributed by atoms with Crippen molar-refractivity contribution in [2.24, 2.45) is 5.92 Å². The Morgan fingerprint density at radius 3 is 2.41 bits per heavy atom. The summed E-state index contributed by atoms with van der Waals surface area (Å²) in [5, 5.41) is 7.56. The van der Waals surface area contributed by atoms with Crippen LogP contribution in [0.5, 0.6) is 0 Å². The molecule has 2 fully saturated rings. The molecule has 150 valence electrons. The number of carboxylic acid groups (broad SMARTS) is 1. The highest BCUT2D eigenvalue weighted by Gasteiger charge is 2.53. The van der Waals surface area contributed by atoms with Gasteiger partial charge in [0.25, 0.3) is 5.97 Å². The van der Waals surface area contributed by atoms with E-state index in [-0.39, 0.29) is 30.0 Å². The van der Waals surface area contributed by atoms with E-state index in [1.165, 1.54) is 0 Å². The highest BCUT2D eigenvalue weighted by atomic mass is 35.5. The van der Waals surface area contributed by atoms with Gasteiger partial charge in [0.05, 0.1) is 17.4 Å². The second kappa shape index (κ2) is 8.58. The molecule has 1 aromatic carbocycles. The molecular weight excluding hydrogens is 392 g/mol. The fraction of sp³-hybridized carbons (Fsp3) is 0.556. The van der Waals surface area contributed by atoms with Crippen LogP contribution in [-0.4, -0.2) is 79.4 Å². The zero-order chi connectivity index (χ0) is 20.4. The fourth-order valence-electron chi connectivity index (χ4n) is 3.69. The van der Waals surface area contributed by atoms with Crippen molar-refractivity contribution in [3.05, 3.63) is 34.9 Å². The van der Waals surface area contributed by atoms with E-state index in [2.05, 4.69) is 0 Å². The van der Waals surface area contributed by atoms with Gasteiger partial charge in [0.15, 0.2) is 9.84 Å². The van der Waals surface area contributed by atoms with E-state index in [4.69, 9.17) is 21.5 Å². The molecule has 27 heavy (non-hydrogen) atoms. The Hall–Kier alpha value is -1.64. The summed E-state index contributed by atoms with van der Waals surface area (Å²) in [6.07, 6.45) is 0.214. The van der Waals surface area contributed by atoms with Gasteiger partial charge in [0, 0.05) is 37.0 Å². The van der Waals surface area contributed by atoms with Crippen LogP contribution in [0.4, 0.5) is 0 Å². The number of fused-ring (bicyclic) bond motifs is 1. The number of rotatable bonds is 3. The first-order valence-corrected chi connectivity index (χ1v) is 10.7. The van der Waals surface area contributed by atoms with Crippen molar-refractivity contribution in [2.75, 3.05) is 32.9 Å². The van der Waals surface area contributed by atoms with Crippen LogP contribution in [0.25, 0.3) is 0 Å². The van der Waals surface area contributed by atoms with Crippen molar-refractivity contribution < 1.29 is 23.1 Å². The average Bonchev–Trinajstić information content (AvgIpc) is 3.09. The van der Waals surface area contributed by atoms with E-state index in [1.54, 1.807) is 11.0 Å². The van der Waals surface area contributed by atoms with Gasteiger partial charge in [-0.05, 0) is 25.7 Å². The maximum Gasteiger partial charge on any atom is 0.300 e. The first kappa shape index (κ1) is 21.7. The predicted molar refractivity (Wildman–Crippen MR) is 104 cm³/mol. The summed E-state index contributed by atoms with van der Waals surface area (Å²) in [6, 6.07) is 7.25. The molecule has 7 nitrogen and oxygen atoms in total. The molecule has 2 saturated heterocycles. The number of carbonyl (C=O) groups excluding carboxylic acids is 1. The largest absolute Gasteiger partial charge is 0.481 e. The van der Waals surface area contributed by atoms with E-state index in [0.717, 1.165) is 12.5 Å². The number of halogens is 1. The minimum Gasteiger partial charge on any atom is -0.481 e. The Bertz CT molecular complexity index is 808. The summed E-state index contributed by atoms with van der Waals surface area (Å²) >= 11 is 6.11. The average molecular weight is 417 g/mol. The number of amides is 1. The van der Waals surface area contributed by atoms with Crippen LogP contribution in [0.2, 0.25) is 5.02 Å². The number of benzene rings is 1. The van der Waals surface area contributed by atoms with Crippen LogP contribution < -0.4 is 0 Å². The van der Waals surface area contributed by atoms with Crippen molar-refractivity contribution in [2.45, 2.75) is 24.6 Å². The fourth-order valence-corrected chi connectivity index (χ4v) is 6.36. The van der Waals surface area contributed by atoms with E-state index in [0.29, 0.717) is 18.1 Å². The molecule has 1 aromatic rings. The van der Waals surface area contributed by atoms with E-state index >= 15 is 0 Å². The molecule has 3 rings (SSSR count). The van der Waals surface area contributed by atoms with Crippen LogP contribution in [0.3, 0.4) is 0 Å². The van der Waals surface area contributed by atoms with Crippen LogP contribution >= 0.6 is 11.6 Å². The summed E-state index contributed by atoms with van der Waals surface area (Å²) < 4.78 is 24.7. The lowest BCUT2D eigenvalue weighted by Gasteiger charge is -2.25. The lowest BCUT2D eigenvalue weighted by molar-refractivity contribution is -0.134. The van der Waals surface area contributed by atoms with Crippen LogP contribution in [0.15, 0.2) is 24.3 Å². The number of likely N-dealkylation sites (tertiary alicyclic amines) is 1. The number of carbonyl (C=O) groups is 2. The molecule has 2 aliphatic heterocycles. The number of carboxylic acids is 1. The number of sulfone groups is 1. The minimum atomic E-state index is -3.13. The zero-order valence-electron chi connectivity index (χ0n) is 15.6. The van der Waals surface area contributed by atoms with E-state index in [9.17, 15) is 13.2 Å². The molecular formula is C18H25ClN2O5S. The Morgan fingerprint density at radius 1 is 1.26 bits per heavy atom. The first-order chi connectivity index (χ1) is 12.5. The standard InChI is InChI=1S/C16H21ClN2O3S.C2H4O2/c1-18(2)14-10-23(21,22)15-9-19(8-12(14)15)16(20)7-11-5-3-4-6-13(11)17;1-2(3)4/h3-6,12,14-15H,7-10H2,1-2H3;1H3,(H,3,4)/t12-,14+,15-;/m0./s1. The quantitative estimate of drug-likeness (QED) is 0.794. The molecule has 0 radical (unpaired) electrons. The molecule has 0 bridgehead atoms. The number of hydrogen-bond donors (Lipinski definition) is 1. The molecule has 0 aliphatic carbocycles. The maximum atomic E-state index is 12.5. The summed E-state index contributed by atoms with van der Waals surface area (Å²) in [4.78, 5) is 25.2. The third-order valence-corrected chi connectivity index (χ3v) is 7.58. The van der Waals surface area contributed by atoms with Gasteiger partial charge in [-0.15, -0.1) is 0 Å². The molecule has 0 saturated carbocycles. The van der Waals surface area contributed by atoms with Gasteiger partial charge in [0.2, 0.25) is 5.91 Å². The number of hydrogen-bond acceptors (Lipinski definition) is 5. The highest BCUT2D eigenvalue weighted by Crippen LogP contribution is 2.36. The number of aliphatic carboxylic acids is 1. The number of nitrogens with zero attached hydrogens (tertiary/aromatic N) is 2. The van der Waals surface area contributed by atoms with E-state index < -0.39 is 21.1 Å². The lowest BCUT2D eigenvalue weighted by Crippen LogP contribution is -2.39. The van der Waals surface area contributed by atoms with Crippen molar-refractivity contribution in [3.63, 3.8) is 0 Å². The van der Waals surface area contributed by atoms with Crippen LogP contribution in [0.1, 0.15) is 12.5 Å². The third-order valence-electron chi connectivity index (χ3n) is 4.98. The summed E-state index contributed by atoms with van der Waals surface area (Å²) in [5.41, 5.74) is 0.781. The second-order valence-electron chi connectivity index (χ2n) is 7.15. The molecule has 9 heteroatoms. The molecule has 1 amide bonds. The van der Waals surface area contributed by atoms with Gasteiger partial charge in [-0.3, -0.25) is 9.59 Å². The maximum absolute atomic E-state index is 12.5. The Morgan fingerprint density at radius 2 is 1.85 bits per heavy atom. The second-order valence-corrected chi connectivity index (χ2v) is 9.82. The Labute approximate surface area is 164 Å². The molecule has 2 aliphatic rings. The van der Waals surface area contributed by atoms with Gasteiger partial charge >= 0.3 is 0 Å². The Balaban J connectivity index is 0.000000596. The molecule has 0 unspecified atom stereocenters. The first-order valence-electron chi connectivity index (χ1n) is 8.61. The predicted octanol–water partition coefficient (Wildman–Crippen LogP) is 1.16. The smallest absolute Gasteiger partial charge is 0.300 e. The van der Waals surface area contributed by atoms with E-state index in [1.807, 2.05) is 37.2 Å². The highest BCUT2D eigenvalue weighted by molar-refractivity contribution is 7.92. The van der Waals surface area contributed by atoms with Gasteiger partial charge in [-0.25, -0.2) is 8.42 Å². The topological polar surface area (TPSA) is 95.0 Å². The van der Waals surface area contributed by atoms with Crippen molar-refractivity contribution in [1.29, 1.82) is 0 Å². The normalized spacial score (nSPS) is 25.7. The molecule has 2 heterocycles. The monoisotopic (exact) mass is 416 g/mol. The summed E-state index contributed by atoms with van der Waals surface area (Å²) in [7, 11) is 0.672. The van der Waals surface area contributed by atoms with Crippen LogP contribution in [-0.2, 0) is 25.8 Å². The molecule has 0 aromatic heterocycles. The van der Waals surface area contributed by atoms with Gasteiger partial charge in [0.1, 0.15) is 0 Å². The zero-order valence-corrected chi connectivity index (χ0v) is 17.2. The summed E-state index contributed by atoms with van der Waals surface area (Å²) in [6.45, 7) is 1.90. The van der Waals surface area contributed by atoms with Gasteiger partial charge in [-0.2, -0.15) is 0 Å². The van der Waals surface area contributed by atoms with Crippen molar-refractivity contribution in [1.82, 2.24) is 9.80 Å². The van der Waals surface area contributed by atoms with Crippen molar-refractivity contribution in [3.8, 4) is 0 Å². The SMILES string of the molecule is CC(=O)O.CN(C)[C@@H]1CS(=O)(=O)[C@H]2CN(C(=O)Cc3ccccc3Cl)C[C@@H]12. The van der Waals surface area contributed by atoms with Gasteiger partial charge < -0.3 is 14.9 Å². The summed E-state index contributed by atoms with van der Waals surface area (Å²) in [5.74, 6) is -0.688.